The van der Waals surface area contributed by atoms with Crippen molar-refractivity contribution in [3.05, 3.63) is 0 Å². The molecule has 0 aliphatic heterocycles. The van der Waals surface area contributed by atoms with Crippen LogP contribution in [0, 0.1) is 0 Å². The van der Waals surface area contributed by atoms with E-state index in [2.05, 4.69) is 20.8 Å². The van der Waals surface area contributed by atoms with Gasteiger partial charge in [-0.25, -0.2) is 0 Å². The highest BCUT2D eigenvalue weighted by molar-refractivity contribution is 5.80. The molecule has 0 aromatic heterocycles. The van der Waals surface area contributed by atoms with Crippen LogP contribution in [0.1, 0.15) is 245 Å². The maximum Gasteiger partial charge on any atom is 0.251 e. The molecule has 3 nitrogen and oxygen atoms in total. The zero-order valence-corrected chi connectivity index (χ0v) is 31.5. The molecule has 0 aromatic carbocycles. The predicted molar refractivity (Wildman–Crippen MR) is 201 cm³/mol. The average Bonchev–Trinajstić information content (AvgIpc) is 3.05. The lowest BCUT2D eigenvalue weighted by molar-refractivity contribution is -0.140. The molecular weight excluding hydrogens is 550 g/mol. The van der Waals surface area contributed by atoms with Gasteiger partial charge in [-0.1, -0.05) is 226 Å². The molecule has 0 aromatic rings. The molecule has 0 radical (unpaired) electrons. The molecule has 0 aliphatic rings. The van der Waals surface area contributed by atoms with Crippen LogP contribution in [-0.2, 0) is 4.79 Å². The van der Waals surface area contributed by atoms with Crippen molar-refractivity contribution in [1.29, 1.82) is 0 Å². The Hall–Kier alpha value is -0.570. The molecule has 0 heterocycles. The molecule has 270 valence electrons. The van der Waals surface area contributed by atoms with Crippen LogP contribution in [0.2, 0.25) is 0 Å². The van der Waals surface area contributed by atoms with Crippen molar-refractivity contribution in [2.75, 3.05) is 13.1 Å². The standard InChI is InChI=1S/C42H85NO2/c1-4-7-10-13-16-19-22-23-24-25-26-29-32-35-38-41(44)42(45)43(39-36-33-30-27-20-17-14-11-8-5-2)40-37-34-31-28-21-18-15-12-9-6-3/h41,44H,4-40H2,1-3H3. The number of carbonyl (C=O) groups is 1. The Bertz CT molecular complexity index is 541. The Labute approximate surface area is 284 Å². The number of rotatable bonds is 38. The van der Waals surface area contributed by atoms with Gasteiger partial charge >= 0.3 is 0 Å². The fraction of sp³-hybridized carbons (Fsp3) is 0.976. The summed E-state index contributed by atoms with van der Waals surface area (Å²) >= 11 is 0. The third-order valence-corrected chi connectivity index (χ3v) is 9.99. The zero-order chi connectivity index (χ0) is 32.9. The fourth-order valence-corrected chi connectivity index (χ4v) is 6.78. The Morgan fingerprint density at radius 1 is 0.378 bits per heavy atom. The molecular formula is C42H85NO2. The van der Waals surface area contributed by atoms with Gasteiger partial charge in [0.15, 0.2) is 0 Å². The molecule has 1 atom stereocenters. The van der Waals surface area contributed by atoms with Gasteiger partial charge in [0, 0.05) is 13.1 Å². The van der Waals surface area contributed by atoms with E-state index in [1.807, 2.05) is 4.90 Å². The second-order valence-corrected chi connectivity index (χ2v) is 14.6. The number of aliphatic hydroxyl groups is 1. The van der Waals surface area contributed by atoms with E-state index in [0.717, 1.165) is 38.8 Å². The van der Waals surface area contributed by atoms with Gasteiger partial charge in [0.2, 0.25) is 0 Å². The summed E-state index contributed by atoms with van der Waals surface area (Å²) in [4.78, 5) is 15.3. The van der Waals surface area contributed by atoms with E-state index in [1.54, 1.807) is 0 Å². The van der Waals surface area contributed by atoms with Gasteiger partial charge in [-0.3, -0.25) is 4.79 Å². The maximum atomic E-state index is 13.3. The topological polar surface area (TPSA) is 40.5 Å². The number of amides is 1. The molecule has 1 amide bonds. The molecule has 1 N–H and O–H groups in total. The summed E-state index contributed by atoms with van der Waals surface area (Å²) in [6, 6.07) is 0. The van der Waals surface area contributed by atoms with Gasteiger partial charge in [0.1, 0.15) is 6.10 Å². The molecule has 1 unspecified atom stereocenters. The van der Waals surface area contributed by atoms with Gasteiger partial charge in [0.25, 0.3) is 5.91 Å². The van der Waals surface area contributed by atoms with Gasteiger partial charge in [-0.15, -0.1) is 0 Å². The number of hydrogen-bond donors (Lipinski definition) is 1. The fourth-order valence-electron chi connectivity index (χ4n) is 6.78. The van der Waals surface area contributed by atoms with Crippen LogP contribution in [-0.4, -0.2) is 35.1 Å². The SMILES string of the molecule is CCCCCCCCCCCCCCCCC(O)C(=O)N(CCCCCCCCCCCC)CCCCCCCCCCCC. The van der Waals surface area contributed by atoms with E-state index in [4.69, 9.17) is 0 Å². The predicted octanol–water partition coefficient (Wildman–Crippen LogP) is 13.9. The maximum absolute atomic E-state index is 13.3. The monoisotopic (exact) mass is 636 g/mol. The number of carbonyl (C=O) groups excluding carboxylic acids is 1. The van der Waals surface area contributed by atoms with Crippen LogP contribution in [0.15, 0.2) is 0 Å². The molecule has 0 aliphatic carbocycles. The summed E-state index contributed by atoms with van der Waals surface area (Å²) in [5.41, 5.74) is 0. The van der Waals surface area contributed by atoms with E-state index in [-0.39, 0.29) is 5.91 Å². The first kappa shape index (κ1) is 44.4. The highest BCUT2D eigenvalue weighted by atomic mass is 16.3. The Kier molecular flexibility index (Phi) is 37.4. The number of hydrogen-bond acceptors (Lipinski definition) is 2. The van der Waals surface area contributed by atoms with E-state index in [0.29, 0.717) is 6.42 Å². The number of nitrogens with zero attached hydrogens (tertiary/aromatic N) is 1. The molecule has 0 saturated carbocycles. The summed E-state index contributed by atoms with van der Waals surface area (Å²) in [6.07, 6.45) is 44.9. The van der Waals surface area contributed by atoms with E-state index >= 15 is 0 Å². The molecule has 0 spiro atoms. The van der Waals surface area contributed by atoms with Gasteiger partial charge in [-0.2, -0.15) is 0 Å². The summed E-state index contributed by atoms with van der Waals surface area (Å²) in [7, 11) is 0. The number of aliphatic hydroxyl groups excluding tert-OH is 1. The summed E-state index contributed by atoms with van der Waals surface area (Å²) in [6.45, 7) is 8.52. The quantitative estimate of drug-likeness (QED) is 0.0686. The minimum atomic E-state index is -0.798. The lowest BCUT2D eigenvalue weighted by Crippen LogP contribution is -2.40. The largest absolute Gasteiger partial charge is 0.383 e. The third-order valence-electron chi connectivity index (χ3n) is 9.99. The first-order chi connectivity index (χ1) is 22.2. The normalized spacial score (nSPS) is 12.2. The average molecular weight is 636 g/mol. The Morgan fingerprint density at radius 2 is 0.600 bits per heavy atom. The van der Waals surface area contributed by atoms with Crippen molar-refractivity contribution in [3.8, 4) is 0 Å². The van der Waals surface area contributed by atoms with Crippen LogP contribution in [0.25, 0.3) is 0 Å². The third kappa shape index (κ3) is 33.1. The first-order valence-electron chi connectivity index (χ1n) is 21.1. The van der Waals surface area contributed by atoms with Gasteiger partial charge < -0.3 is 10.0 Å². The number of unbranched alkanes of at least 4 members (excludes halogenated alkanes) is 31. The van der Waals surface area contributed by atoms with E-state index in [9.17, 15) is 9.90 Å². The molecule has 45 heavy (non-hydrogen) atoms. The highest BCUT2D eigenvalue weighted by Crippen LogP contribution is 2.16. The first-order valence-corrected chi connectivity index (χ1v) is 21.1. The lowest BCUT2D eigenvalue weighted by atomic mass is 10.0. The molecule has 0 fully saturated rings. The minimum Gasteiger partial charge on any atom is -0.383 e. The van der Waals surface area contributed by atoms with Crippen LogP contribution >= 0.6 is 0 Å². The Morgan fingerprint density at radius 3 is 0.867 bits per heavy atom. The second-order valence-electron chi connectivity index (χ2n) is 14.6. The smallest absolute Gasteiger partial charge is 0.251 e. The van der Waals surface area contributed by atoms with E-state index in [1.165, 1.54) is 193 Å². The summed E-state index contributed by atoms with van der Waals surface area (Å²) in [5, 5.41) is 10.8. The summed E-state index contributed by atoms with van der Waals surface area (Å²) < 4.78 is 0. The van der Waals surface area contributed by atoms with Crippen molar-refractivity contribution >= 4 is 5.91 Å². The van der Waals surface area contributed by atoms with Crippen molar-refractivity contribution in [2.45, 2.75) is 252 Å². The molecule has 3 heteroatoms. The second kappa shape index (κ2) is 37.9. The highest BCUT2D eigenvalue weighted by Gasteiger charge is 2.21. The van der Waals surface area contributed by atoms with Crippen molar-refractivity contribution in [2.24, 2.45) is 0 Å². The summed E-state index contributed by atoms with van der Waals surface area (Å²) in [5.74, 6) is 0.0107. The Balaban J connectivity index is 4.15. The van der Waals surface area contributed by atoms with Gasteiger partial charge in [-0.05, 0) is 19.3 Å². The van der Waals surface area contributed by atoms with Crippen LogP contribution in [0.5, 0.6) is 0 Å². The molecule has 0 rings (SSSR count). The zero-order valence-electron chi connectivity index (χ0n) is 31.5. The van der Waals surface area contributed by atoms with Crippen molar-refractivity contribution in [1.82, 2.24) is 4.90 Å². The van der Waals surface area contributed by atoms with Crippen LogP contribution < -0.4 is 0 Å². The molecule has 0 saturated heterocycles. The lowest BCUT2D eigenvalue weighted by Gasteiger charge is -2.25. The van der Waals surface area contributed by atoms with Crippen molar-refractivity contribution < 1.29 is 9.90 Å². The minimum absolute atomic E-state index is 0.0107. The van der Waals surface area contributed by atoms with Gasteiger partial charge in [0.05, 0.1) is 0 Å². The van der Waals surface area contributed by atoms with E-state index < -0.39 is 6.10 Å². The van der Waals surface area contributed by atoms with Crippen LogP contribution in [0.3, 0.4) is 0 Å². The van der Waals surface area contributed by atoms with Crippen molar-refractivity contribution in [3.63, 3.8) is 0 Å². The van der Waals surface area contributed by atoms with Crippen LogP contribution in [0.4, 0.5) is 0 Å². The molecule has 0 bridgehead atoms.